The van der Waals surface area contributed by atoms with Crippen LogP contribution in [-0.2, 0) is 4.79 Å². The molecule has 2 aliphatic heterocycles. The van der Waals surface area contributed by atoms with Gasteiger partial charge >= 0.3 is 0 Å². The van der Waals surface area contributed by atoms with Crippen molar-refractivity contribution in [1.82, 2.24) is 20.0 Å². The number of rotatable bonds is 6. The molecule has 2 unspecified atom stereocenters. The smallest absolute Gasteiger partial charge is 0.239 e. The van der Waals surface area contributed by atoms with Crippen LogP contribution in [0.5, 0.6) is 0 Å². The van der Waals surface area contributed by atoms with Gasteiger partial charge in [-0.15, -0.1) is 24.0 Å². The van der Waals surface area contributed by atoms with E-state index in [4.69, 9.17) is 4.99 Å². The number of nitrogens with one attached hydrogen (secondary N) is 1. The van der Waals surface area contributed by atoms with Crippen molar-refractivity contribution >= 4 is 35.8 Å². The van der Waals surface area contributed by atoms with E-state index in [1.165, 1.54) is 5.56 Å². The molecular formula is C23H38IN5O2. The summed E-state index contributed by atoms with van der Waals surface area (Å²) in [5, 5.41) is 13.9. The lowest BCUT2D eigenvalue weighted by molar-refractivity contribution is -0.135. The van der Waals surface area contributed by atoms with E-state index >= 15 is 0 Å². The van der Waals surface area contributed by atoms with Crippen LogP contribution in [0.1, 0.15) is 43.9 Å². The molecule has 0 aromatic heterocycles. The van der Waals surface area contributed by atoms with E-state index in [0.29, 0.717) is 6.54 Å². The number of nitrogens with zero attached hydrogens (tertiary/aromatic N) is 4. The number of aliphatic imine (C=N–C) groups is 1. The third kappa shape index (κ3) is 7.05. The molecule has 2 fully saturated rings. The Kier molecular flexibility index (Phi) is 10.5. The minimum absolute atomic E-state index is 0. The monoisotopic (exact) mass is 543 g/mol. The molecule has 0 bridgehead atoms. The first kappa shape index (κ1) is 25.9. The lowest BCUT2D eigenvalue weighted by Crippen LogP contribution is -2.57. The van der Waals surface area contributed by atoms with Crippen LogP contribution in [0, 0.1) is 6.92 Å². The van der Waals surface area contributed by atoms with Crippen LogP contribution < -0.4 is 5.32 Å². The quantitative estimate of drug-likeness (QED) is 0.327. The summed E-state index contributed by atoms with van der Waals surface area (Å²) in [7, 11) is 0. The van der Waals surface area contributed by atoms with Gasteiger partial charge < -0.3 is 20.2 Å². The van der Waals surface area contributed by atoms with E-state index in [2.05, 4.69) is 22.0 Å². The van der Waals surface area contributed by atoms with Crippen LogP contribution in [0.15, 0.2) is 29.3 Å². The van der Waals surface area contributed by atoms with Crippen molar-refractivity contribution < 1.29 is 9.90 Å². The fourth-order valence-corrected chi connectivity index (χ4v) is 4.17. The first-order chi connectivity index (χ1) is 14.5. The highest BCUT2D eigenvalue weighted by Gasteiger charge is 2.30. The van der Waals surface area contributed by atoms with Gasteiger partial charge in [-0.25, -0.2) is 0 Å². The maximum Gasteiger partial charge on any atom is 0.239 e. The highest BCUT2D eigenvalue weighted by molar-refractivity contribution is 14.0. The number of aliphatic hydroxyl groups excluding tert-OH is 1. The Morgan fingerprint density at radius 2 is 1.68 bits per heavy atom. The van der Waals surface area contributed by atoms with E-state index in [1.54, 1.807) is 0 Å². The van der Waals surface area contributed by atoms with Crippen molar-refractivity contribution in [2.24, 2.45) is 4.99 Å². The summed E-state index contributed by atoms with van der Waals surface area (Å²) in [6, 6.07) is 7.88. The number of hydrogen-bond donors (Lipinski definition) is 2. The Labute approximate surface area is 203 Å². The molecular weight excluding hydrogens is 505 g/mol. The van der Waals surface area contributed by atoms with Crippen LogP contribution in [0.2, 0.25) is 0 Å². The lowest BCUT2D eigenvalue weighted by atomic mass is 10.1. The van der Waals surface area contributed by atoms with Crippen LogP contribution >= 0.6 is 24.0 Å². The van der Waals surface area contributed by atoms with Gasteiger partial charge in [0, 0.05) is 45.8 Å². The van der Waals surface area contributed by atoms with Crippen molar-refractivity contribution in [3.05, 3.63) is 35.4 Å². The molecule has 1 aromatic rings. The molecule has 3 rings (SSSR count). The van der Waals surface area contributed by atoms with Gasteiger partial charge in [0.05, 0.1) is 18.7 Å². The van der Waals surface area contributed by atoms with Crippen molar-refractivity contribution in [1.29, 1.82) is 0 Å². The van der Waals surface area contributed by atoms with Crippen molar-refractivity contribution in [2.75, 3.05) is 52.4 Å². The van der Waals surface area contributed by atoms with Crippen LogP contribution in [0.4, 0.5) is 0 Å². The first-order valence-corrected chi connectivity index (χ1v) is 11.3. The van der Waals surface area contributed by atoms with Crippen molar-refractivity contribution in [3.8, 4) is 0 Å². The number of aliphatic hydroxyl groups is 1. The lowest BCUT2D eigenvalue weighted by Gasteiger charge is -2.39. The number of likely N-dealkylation sites (tertiary alicyclic amines) is 1. The molecule has 2 saturated heterocycles. The predicted octanol–water partition coefficient (Wildman–Crippen LogP) is 2.24. The zero-order valence-corrected chi connectivity index (χ0v) is 21.4. The number of hydrogen-bond acceptors (Lipinski definition) is 4. The molecule has 2 heterocycles. The van der Waals surface area contributed by atoms with E-state index in [1.807, 2.05) is 43.0 Å². The summed E-state index contributed by atoms with van der Waals surface area (Å²) in [6.07, 6.45) is 1.64. The maximum absolute atomic E-state index is 12.7. The average Bonchev–Trinajstić information content (AvgIpc) is 3.31. The second-order valence-corrected chi connectivity index (χ2v) is 8.35. The number of carbonyl (C=O) groups is 1. The van der Waals surface area contributed by atoms with Gasteiger partial charge in [-0.2, -0.15) is 0 Å². The van der Waals surface area contributed by atoms with Gasteiger partial charge in [-0.1, -0.05) is 29.8 Å². The fourth-order valence-electron chi connectivity index (χ4n) is 4.17. The number of halogens is 1. The van der Waals surface area contributed by atoms with Crippen LogP contribution in [0.25, 0.3) is 0 Å². The zero-order valence-electron chi connectivity index (χ0n) is 19.1. The number of carbonyl (C=O) groups excluding carboxylic acids is 1. The molecule has 2 atom stereocenters. The third-order valence-electron chi connectivity index (χ3n) is 6.15. The van der Waals surface area contributed by atoms with Crippen LogP contribution in [-0.4, -0.2) is 90.1 Å². The van der Waals surface area contributed by atoms with Gasteiger partial charge in [0.1, 0.15) is 0 Å². The van der Waals surface area contributed by atoms with Gasteiger partial charge in [0.15, 0.2) is 5.96 Å². The predicted molar refractivity (Wildman–Crippen MR) is 136 cm³/mol. The minimum atomic E-state index is -0.612. The number of guanidine groups is 1. The molecule has 0 spiro atoms. The highest BCUT2D eigenvalue weighted by Crippen LogP contribution is 2.16. The largest absolute Gasteiger partial charge is 0.386 e. The molecule has 174 valence electrons. The van der Waals surface area contributed by atoms with Gasteiger partial charge in [0.2, 0.25) is 5.91 Å². The van der Waals surface area contributed by atoms with Crippen molar-refractivity contribution in [2.45, 2.75) is 45.8 Å². The van der Waals surface area contributed by atoms with Gasteiger partial charge in [-0.05, 0) is 39.2 Å². The average molecular weight is 543 g/mol. The SMILES string of the molecule is CCNC(=NCC(O)c1ccc(C)cc1)N1CCN(C(C)C(=O)N2CCCC2)CC1.I. The molecule has 1 aromatic carbocycles. The topological polar surface area (TPSA) is 71.4 Å². The number of amides is 1. The Morgan fingerprint density at radius 1 is 1.06 bits per heavy atom. The Hall–Kier alpha value is -1.39. The molecule has 31 heavy (non-hydrogen) atoms. The normalized spacial score (nSPS) is 19.7. The van der Waals surface area contributed by atoms with Gasteiger partial charge in [0.25, 0.3) is 0 Å². The number of aryl methyl sites for hydroxylation is 1. The van der Waals surface area contributed by atoms with Crippen LogP contribution in [0.3, 0.4) is 0 Å². The third-order valence-corrected chi connectivity index (χ3v) is 6.15. The standard InChI is InChI=1S/C23H37N5O2.HI/c1-4-24-23(25-17-21(29)20-9-7-18(2)8-10-20)28-15-13-26(14-16-28)19(3)22(30)27-11-5-6-12-27;/h7-10,19,21,29H,4-6,11-17H2,1-3H3,(H,24,25);1H. The number of benzene rings is 1. The second kappa shape index (κ2) is 12.6. The molecule has 7 nitrogen and oxygen atoms in total. The van der Waals surface area contributed by atoms with E-state index < -0.39 is 6.10 Å². The molecule has 0 radical (unpaired) electrons. The van der Waals surface area contributed by atoms with E-state index in [-0.39, 0.29) is 35.9 Å². The summed E-state index contributed by atoms with van der Waals surface area (Å²) in [6.45, 7) is 12.4. The van der Waals surface area contributed by atoms with Gasteiger partial charge in [-0.3, -0.25) is 14.7 Å². The Balaban J connectivity index is 0.00000341. The van der Waals surface area contributed by atoms with E-state index in [0.717, 1.165) is 70.2 Å². The van der Waals surface area contributed by atoms with Crippen molar-refractivity contribution in [3.63, 3.8) is 0 Å². The minimum Gasteiger partial charge on any atom is -0.386 e. The van der Waals surface area contributed by atoms with E-state index in [9.17, 15) is 9.90 Å². The summed E-state index contributed by atoms with van der Waals surface area (Å²) < 4.78 is 0. The molecule has 2 aliphatic rings. The molecule has 0 saturated carbocycles. The zero-order chi connectivity index (χ0) is 21.5. The summed E-state index contributed by atoms with van der Waals surface area (Å²) >= 11 is 0. The Morgan fingerprint density at radius 3 is 2.26 bits per heavy atom. The fraction of sp³-hybridized carbons (Fsp3) is 0.652. The highest BCUT2D eigenvalue weighted by atomic mass is 127. The second-order valence-electron chi connectivity index (χ2n) is 8.35. The first-order valence-electron chi connectivity index (χ1n) is 11.3. The molecule has 0 aliphatic carbocycles. The summed E-state index contributed by atoms with van der Waals surface area (Å²) in [5.74, 6) is 1.10. The summed E-state index contributed by atoms with van der Waals surface area (Å²) in [4.78, 5) is 23.9. The number of piperazine rings is 1. The maximum atomic E-state index is 12.7. The molecule has 2 N–H and O–H groups in total. The summed E-state index contributed by atoms with van der Waals surface area (Å²) in [5.41, 5.74) is 2.07. The molecule has 1 amide bonds. The molecule has 8 heteroatoms. The Bertz CT molecular complexity index is 713.